The van der Waals surface area contributed by atoms with Gasteiger partial charge in [-0.2, -0.15) is 4.31 Å². The lowest BCUT2D eigenvalue weighted by Gasteiger charge is -2.36. The number of hydrogen-bond acceptors (Lipinski definition) is 7. The van der Waals surface area contributed by atoms with Gasteiger partial charge in [0.05, 0.1) is 23.6 Å². The molecule has 0 unspecified atom stereocenters. The third-order valence-electron chi connectivity index (χ3n) is 6.91. The van der Waals surface area contributed by atoms with Gasteiger partial charge in [0, 0.05) is 48.7 Å². The number of methoxy groups -OCH3 is 1. The monoisotopic (exact) mass is 551 g/mol. The fourth-order valence-electron chi connectivity index (χ4n) is 4.69. The van der Waals surface area contributed by atoms with Gasteiger partial charge >= 0.3 is 0 Å². The highest BCUT2D eigenvalue weighted by molar-refractivity contribution is 7.89. The molecule has 2 heterocycles. The number of benzene rings is 3. The largest absolute Gasteiger partial charge is 0.496 e. The number of para-hydroxylation sites is 2. The number of hydrogen-bond donors (Lipinski definition) is 1. The molecule has 1 aromatic heterocycles. The van der Waals surface area contributed by atoms with Crippen molar-refractivity contribution >= 4 is 38.3 Å². The van der Waals surface area contributed by atoms with Crippen LogP contribution in [0, 0.1) is 0 Å². The van der Waals surface area contributed by atoms with E-state index in [1.807, 2.05) is 48.5 Å². The molecule has 38 heavy (non-hydrogen) atoms. The predicted molar refractivity (Wildman–Crippen MR) is 150 cm³/mol. The molecule has 1 aliphatic rings. The van der Waals surface area contributed by atoms with E-state index in [0.717, 1.165) is 28.0 Å². The molecule has 0 amide bonds. The smallest absolute Gasteiger partial charge is 0.243 e. The van der Waals surface area contributed by atoms with Crippen molar-refractivity contribution in [3.8, 4) is 5.75 Å². The van der Waals surface area contributed by atoms with Gasteiger partial charge in [-0.3, -0.25) is 4.90 Å². The Bertz CT molecular complexity index is 1520. The van der Waals surface area contributed by atoms with E-state index in [1.54, 1.807) is 31.4 Å². The Morgan fingerprint density at radius 1 is 0.947 bits per heavy atom. The van der Waals surface area contributed by atoms with E-state index in [-0.39, 0.29) is 10.9 Å². The highest BCUT2D eigenvalue weighted by Crippen LogP contribution is 2.28. The molecule has 1 fully saturated rings. The van der Waals surface area contributed by atoms with Crippen LogP contribution in [0.25, 0.3) is 10.9 Å². The normalized spacial score (nSPS) is 15.9. The summed E-state index contributed by atoms with van der Waals surface area (Å²) in [4.78, 5) is 12.3. The van der Waals surface area contributed by atoms with E-state index in [2.05, 4.69) is 17.1 Å². The Balaban J connectivity index is 1.33. The lowest BCUT2D eigenvalue weighted by Crippen LogP contribution is -2.49. The lowest BCUT2D eigenvalue weighted by molar-refractivity contribution is 0.141. The topological polar surface area (TPSA) is 87.7 Å². The maximum Gasteiger partial charge on any atom is 0.243 e. The second-order valence-corrected chi connectivity index (χ2v) is 11.6. The molecular formula is C28H30ClN5O3S. The number of sulfonamides is 1. The fourth-order valence-corrected chi connectivity index (χ4v) is 6.24. The molecule has 10 heteroatoms. The SMILES string of the molecule is COc1ccccc1CNc1nc([C@@H](C)N2CCN(S(=O)(=O)c3ccc(Cl)cc3)CC2)nc2ccccc12. The Morgan fingerprint density at radius 2 is 1.63 bits per heavy atom. The minimum atomic E-state index is -3.57. The minimum Gasteiger partial charge on any atom is -0.496 e. The van der Waals surface area contributed by atoms with Crippen LogP contribution < -0.4 is 10.1 Å². The van der Waals surface area contributed by atoms with Crippen LogP contribution in [0.5, 0.6) is 5.75 Å². The molecule has 4 aromatic rings. The molecule has 0 radical (unpaired) electrons. The van der Waals surface area contributed by atoms with Crippen molar-refractivity contribution in [2.75, 3.05) is 38.6 Å². The van der Waals surface area contributed by atoms with Gasteiger partial charge in [-0.1, -0.05) is 41.9 Å². The summed E-state index contributed by atoms with van der Waals surface area (Å²) in [5, 5.41) is 4.93. The first kappa shape index (κ1) is 26.4. The number of aromatic nitrogens is 2. The second-order valence-electron chi connectivity index (χ2n) is 9.18. The fraction of sp³-hybridized carbons (Fsp3) is 0.286. The van der Waals surface area contributed by atoms with Crippen molar-refractivity contribution in [1.29, 1.82) is 0 Å². The summed E-state index contributed by atoms with van der Waals surface area (Å²) >= 11 is 5.93. The molecule has 0 spiro atoms. The van der Waals surface area contributed by atoms with E-state index in [9.17, 15) is 8.42 Å². The Kier molecular flexibility index (Phi) is 7.80. The summed E-state index contributed by atoms with van der Waals surface area (Å²) in [5.74, 6) is 2.27. The number of piperazine rings is 1. The molecule has 5 rings (SSSR count). The summed E-state index contributed by atoms with van der Waals surface area (Å²) in [6.07, 6.45) is 0. The van der Waals surface area contributed by atoms with Crippen molar-refractivity contribution in [1.82, 2.24) is 19.2 Å². The van der Waals surface area contributed by atoms with E-state index in [1.165, 1.54) is 4.31 Å². The summed E-state index contributed by atoms with van der Waals surface area (Å²) < 4.78 is 33.2. The van der Waals surface area contributed by atoms with Gasteiger partial charge in [-0.15, -0.1) is 0 Å². The van der Waals surface area contributed by atoms with Crippen molar-refractivity contribution in [2.24, 2.45) is 0 Å². The third-order valence-corrected chi connectivity index (χ3v) is 9.07. The third kappa shape index (κ3) is 5.47. The number of rotatable bonds is 8. The molecule has 1 atom stereocenters. The van der Waals surface area contributed by atoms with Crippen LogP contribution >= 0.6 is 11.6 Å². The maximum atomic E-state index is 13.1. The minimum absolute atomic E-state index is 0.0909. The zero-order chi connectivity index (χ0) is 26.7. The average Bonchev–Trinajstić information content (AvgIpc) is 2.95. The number of fused-ring (bicyclic) bond motifs is 1. The van der Waals surface area contributed by atoms with Crippen molar-refractivity contribution in [3.05, 3.63) is 89.2 Å². The van der Waals surface area contributed by atoms with Gasteiger partial charge in [0.2, 0.25) is 10.0 Å². The van der Waals surface area contributed by atoms with Gasteiger partial charge in [0.15, 0.2) is 0 Å². The number of anilines is 1. The van der Waals surface area contributed by atoms with Crippen molar-refractivity contribution in [3.63, 3.8) is 0 Å². The van der Waals surface area contributed by atoms with Gasteiger partial charge in [-0.25, -0.2) is 18.4 Å². The number of nitrogens with zero attached hydrogens (tertiary/aromatic N) is 4. The number of nitrogens with one attached hydrogen (secondary N) is 1. The maximum absolute atomic E-state index is 13.1. The first-order chi connectivity index (χ1) is 18.4. The summed E-state index contributed by atoms with van der Waals surface area (Å²) in [7, 11) is -1.91. The lowest BCUT2D eigenvalue weighted by atomic mass is 10.1. The van der Waals surface area contributed by atoms with Crippen molar-refractivity contribution in [2.45, 2.75) is 24.4 Å². The van der Waals surface area contributed by atoms with Crippen LogP contribution in [0.15, 0.2) is 77.7 Å². The van der Waals surface area contributed by atoms with Crippen LogP contribution in [0.4, 0.5) is 5.82 Å². The molecule has 1 saturated heterocycles. The Labute approximate surface area is 228 Å². The van der Waals surface area contributed by atoms with Crippen LogP contribution in [0.2, 0.25) is 5.02 Å². The molecule has 8 nitrogen and oxygen atoms in total. The highest BCUT2D eigenvalue weighted by atomic mass is 35.5. The van der Waals surface area contributed by atoms with E-state index in [0.29, 0.717) is 43.6 Å². The number of halogens is 1. The highest BCUT2D eigenvalue weighted by Gasteiger charge is 2.31. The summed E-state index contributed by atoms with van der Waals surface area (Å²) in [6.45, 7) is 4.56. The van der Waals surface area contributed by atoms with Crippen LogP contribution in [0.1, 0.15) is 24.4 Å². The second kappa shape index (κ2) is 11.2. The van der Waals surface area contributed by atoms with Crippen molar-refractivity contribution < 1.29 is 13.2 Å². The van der Waals surface area contributed by atoms with Gasteiger partial charge in [0.25, 0.3) is 0 Å². The van der Waals surface area contributed by atoms with Gasteiger partial charge < -0.3 is 10.1 Å². The zero-order valence-corrected chi connectivity index (χ0v) is 22.9. The molecule has 1 aliphatic heterocycles. The van der Waals surface area contributed by atoms with Crippen LogP contribution in [-0.2, 0) is 16.6 Å². The molecule has 198 valence electrons. The Hall–Kier alpha value is -3.24. The zero-order valence-electron chi connectivity index (χ0n) is 21.3. The first-order valence-electron chi connectivity index (χ1n) is 12.5. The standard InChI is InChI=1S/C28H30ClN5O3S/c1-20(33-15-17-34(18-16-33)38(35,36)23-13-11-22(29)12-14-23)27-31-25-9-5-4-8-24(25)28(32-27)30-19-21-7-3-6-10-26(21)37-2/h3-14,20H,15-19H2,1-2H3,(H,30,31,32)/t20-/m1/s1. The van der Waals surface area contributed by atoms with Gasteiger partial charge in [-0.05, 0) is 49.4 Å². The summed E-state index contributed by atoms with van der Waals surface area (Å²) in [6, 6.07) is 22.0. The molecule has 0 bridgehead atoms. The molecular weight excluding hydrogens is 522 g/mol. The van der Waals surface area contributed by atoms with E-state index < -0.39 is 10.0 Å². The average molecular weight is 552 g/mol. The van der Waals surface area contributed by atoms with E-state index in [4.69, 9.17) is 26.3 Å². The molecule has 0 saturated carbocycles. The number of ether oxygens (including phenoxy) is 1. The molecule has 0 aliphatic carbocycles. The molecule has 3 aromatic carbocycles. The van der Waals surface area contributed by atoms with Gasteiger partial charge in [0.1, 0.15) is 17.4 Å². The van der Waals surface area contributed by atoms with E-state index >= 15 is 0 Å². The predicted octanol–water partition coefficient (Wildman–Crippen LogP) is 4.97. The van der Waals surface area contributed by atoms with Crippen LogP contribution in [0.3, 0.4) is 0 Å². The quantitative estimate of drug-likeness (QED) is 0.331. The van der Waals surface area contributed by atoms with Crippen LogP contribution in [-0.4, -0.2) is 60.9 Å². The first-order valence-corrected chi connectivity index (χ1v) is 14.3. The molecule has 1 N–H and O–H groups in total. The summed E-state index contributed by atoms with van der Waals surface area (Å²) in [5.41, 5.74) is 1.89. The Morgan fingerprint density at radius 3 is 2.37 bits per heavy atom.